The molecule has 1 aliphatic rings. The number of nitrogens with zero attached hydrogens (tertiary/aromatic N) is 1. The van der Waals surface area contributed by atoms with Gasteiger partial charge in [0.2, 0.25) is 11.7 Å². The van der Waals surface area contributed by atoms with Gasteiger partial charge in [-0.1, -0.05) is 42.5 Å². The van der Waals surface area contributed by atoms with Gasteiger partial charge in [-0.3, -0.25) is 9.59 Å². The molecule has 2 aromatic carbocycles. The van der Waals surface area contributed by atoms with Gasteiger partial charge in [-0.05, 0) is 30.7 Å². The van der Waals surface area contributed by atoms with Gasteiger partial charge in [0.15, 0.2) is 0 Å². The lowest BCUT2D eigenvalue weighted by molar-refractivity contribution is -0.137. The average Bonchev–Trinajstić information content (AvgIpc) is 3.30. The second-order valence-electron chi connectivity index (χ2n) is 6.86. The minimum Gasteiger partial charge on any atom is -0.341 e. The number of nitrogens with one attached hydrogen (secondary N) is 1. The zero-order valence-electron chi connectivity index (χ0n) is 15.2. The van der Waals surface area contributed by atoms with Crippen LogP contribution in [0.1, 0.15) is 39.6 Å². The van der Waals surface area contributed by atoms with Crippen LogP contribution in [0.4, 0.5) is 18.9 Å². The first-order valence-corrected chi connectivity index (χ1v) is 9.12. The third-order valence-corrected chi connectivity index (χ3v) is 5.09. The first kappa shape index (κ1) is 19.0. The number of alkyl halides is 3. The van der Waals surface area contributed by atoms with Gasteiger partial charge in [0.25, 0.3) is 0 Å². The highest BCUT2D eigenvalue weighted by Gasteiger charge is 2.36. The zero-order valence-corrected chi connectivity index (χ0v) is 15.2. The lowest BCUT2D eigenvalue weighted by Crippen LogP contribution is -2.21. The van der Waals surface area contributed by atoms with Gasteiger partial charge in [0.05, 0.1) is 22.9 Å². The Kier molecular flexibility index (Phi) is 4.74. The molecule has 1 aliphatic heterocycles. The van der Waals surface area contributed by atoms with Crippen LogP contribution in [-0.2, 0) is 17.5 Å². The molecule has 1 amide bonds. The van der Waals surface area contributed by atoms with E-state index in [-0.39, 0.29) is 11.5 Å². The van der Waals surface area contributed by atoms with Crippen LogP contribution in [-0.4, -0.2) is 16.3 Å². The fraction of sp³-hybridized carbons (Fsp3) is 0.182. The third kappa shape index (κ3) is 3.55. The SMILES string of the molecule is O=C(c1ccccc1)c1ccc2n1CC[C@H]2C(=O)Nc1ccccc1C(F)(F)F. The van der Waals surface area contributed by atoms with Gasteiger partial charge < -0.3 is 9.88 Å². The number of fused-ring (bicyclic) bond motifs is 1. The molecule has 1 aromatic heterocycles. The minimum atomic E-state index is -4.56. The summed E-state index contributed by atoms with van der Waals surface area (Å²) >= 11 is 0. The molecule has 0 spiro atoms. The Morgan fingerprint density at radius 1 is 0.931 bits per heavy atom. The molecule has 0 bridgehead atoms. The monoisotopic (exact) mass is 398 g/mol. The first-order chi connectivity index (χ1) is 13.9. The summed E-state index contributed by atoms with van der Waals surface area (Å²) in [6, 6.07) is 17.0. The van der Waals surface area contributed by atoms with Gasteiger partial charge in [-0.25, -0.2) is 0 Å². The Balaban J connectivity index is 1.58. The Bertz CT molecular complexity index is 1070. The summed E-state index contributed by atoms with van der Waals surface area (Å²) in [5, 5.41) is 2.41. The van der Waals surface area contributed by atoms with Crippen LogP contribution in [0.2, 0.25) is 0 Å². The second kappa shape index (κ2) is 7.24. The van der Waals surface area contributed by atoms with Crippen molar-refractivity contribution in [1.82, 2.24) is 4.57 Å². The van der Waals surface area contributed by atoms with Gasteiger partial charge in [-0.2, -0.15) is 13.2 Å². The van der Waals surface area contributed by atoms with Crippen molar-refractivity contribution >= 4 is 17.4 Å². The molecule has 0 aliphatic carbocycles. The summed E-state index contributed by atoms with van der Waals surface area (Å²) < 4.78 is 41.3. The van der Waals surface area contributed by atoms with Crippen LogP contribution < -0.4 is 5.32 Å². The number of carbonyl (C=O) groups excluding carboxylic acids is 2. The summed E-state index contributed by atoms with van der Waals surface area (Å²) in [5.74, 6) is -1.29. The second-order valence-corrected chi connectivity index (χ2v) is 6.86. The third-order valence-electron chi connectivity index (χ3n) is 5.09. The van der Waals surface area contributed by atoms with Crippen molar-refractivity contribution in [3.63, 3.8) is 0 Å². The summed E-state index contributed by atoms with van der Waals surface area (Å²) in [6.07, 6.45) is -4.14. The van der Waals surface area contributed by atoms with Crippen LogP contribution in [0.15, 0.2) is 66.7 Å². The summed E-state index contributed by atoms with van der Waals surface area (Å²) in [5.41, 5.74) is 0.487. The van der Waals surface area contributed by atoms with E-state index in [1.165, 1.54) is 18.2 Å². The number of anilines is 1. The highest BCUT2D eigenvalue weighted by atomic mass is 19.4. The van der Waals surface area contributed by atoms with E-state index in [4.69, 9.17) is 0 Å². The van der Waals surface area contributed by atoms with Crippen LogP contribution in [0, 0.1) is 0 Å². The van der Waals surface area contributed by atoms with Crippen molar-refractivity contribution in [3.05, 3.63) is 89.2 Å². The molecule has 3 aromatic rings. The lowest BCUT2D eigenvalue weighted by Gasteiger charge is -2.15. The van der Waals surface area contributed by atoms with E-state index in [0.29, 0.717) is 29.9 Å². The van der Waals surface area contributed by atoms with E-state index >= 15 is 0 Å². The predicted octanol–water partition coefficient (Wildman–Crippen LogP) is 4.86. The molecule has 1 N–H and O–H groups in total. The maximum absolute atomic E-state index is 13.2. The fourth-order valence-corrected chi connectivity index (χ4v) is 3.70. The van der Waals surface area contributed by atoms with Gasteiger partial charge >= 0.3 is 6.18 Å². The van der Waals surface area contributed by atoms with Crippen LogP contribution in [0.3, 0.4) is 0 Å². The zero-order chi connectivity index (χ0) is 20.6. The first-order valence-electron chi connectivity index (χ1n) is 9.12. The molecule has 0 saturated heterocycles. The van der Waals surface area contributed by atoms with Crippen LogP contribution in [0.5, 0.6) is 0 Å². The topological polar surface area (TPSA) is 51.1 Å². The quantitative estimate of drug-likeness (QED) is 0.638. The Hall–Kier alpha value is -3.35. The molecule has 0 radical (unpaired) electrons. The maximum atomic E-state index is 13.2. The Labute approximate surface area is 165 Å². The van der Waals surface area contributed by atoms with Crippen molar-refractivity contribution in [1.29, 1.82) is 0 Å². The van der Waals surface area contributed by atoms with E-state index in [1.54, 1.807) is 41.0 Å². The highest BCUT2D eigenvalue weighted by Crippen LogP contribution is 2.36. The standard InChI is InChI=1S/C22H17F3N2O2/c23-22(24,25)16-8-4-5-9-17(16)26-21(29)15-12-13-27-18(15)10-11-19(27)20(28)14-6-2-1-3-7-14/h1-11,15H,12-13H2,(H,26,29)/t15-/m1/s1. The molecule has 29 heavy (non-hydrogen) atoms. The Morgan fingerprint density at radius 3 is 2.34 bits per heavy atom. The molecular weight excluding hydrogens is 381 g/mol. The smallest absolute Gasteiger partial charge is 0.341 e. The molecule has 0 unspecified atom stereocenters. The largest absolute Gasteiger partial charge is 0.418 e. The number of carbonyl (C=O) groups is 2. The predicted molar refractivity (Wildman–Crippen MR) is 102 cm³/mol. The molecule has 4 rings (SSSR count). The van der Waals surface area contributed by atoms with Gasteiger partial charge in [0, 0.05) is 17.8 Å². The molecule has 148 valence electrons. The average molecular weight is 398 g/mol. The molecular formula is C22H17F3N2O2. The van der Waals surface area contributed by atoms with Crippen LogP contribution >= 0.6 is 0 Å². The number of rotatable bonds is 4. The molecule has 2 heterocycles. The number of para-hydroxylation sites is 1. The van der Waals surface area contributed by atoms with E-state index in [0.717, 1.165) is 6.07 Å². The normalized spacial score (nSPS) is 15.8. The van der Waals surface area contributed by atoms with Crippen molar-refractivity contribution in [2.45, 2.75) is 25.1 Å². The van der Waals surface area contributed by atoms with Gasteiger partial charge in [0.1, 0.15) is 0 Å². The molecule has 7 heteroatoms. The molecule has 0 fully saturated rings. The maximum Gasteiger partial charge on any atom is 0.418 e. The number of hydrogen-bond donors (Lipinski definition) is 1. The summed E-state index contributed by atoms with van der Waals surface area (Å²) in [4.78, 5) is 25.5. The lowest BCUT2D eigenvalue weighted by atomic mass is 10.0. The van der Waals surface area contributed by atoms with E-state index in [1.807, 2.05) is 6.07 Å². The molecule has 4 nitrogen and oxygen atoms in total. The Morgan fingerprint density at radius 2 is 1.62 bits per heavy atom. The van der Waals surface area contributed by atoms with Crippen molar-refractivity contribution in [2.75, 3.05) is 5.32 Å². The number of halogens is 3. The number of amides is 1. The number of benzene rings is 2. The number of aromatic nitrogens is 1. The molecule has 1 atom stereocenters. The van der Waals surface area contributed by atoms with E-state index < -0.39 is 23.6 Å². The molecule has 0 saturated carbocycles. The van der Waals surface area contributed by atoms with E-state index in [9.17, 15) is 22.8 Å². The minimum absolute atomic E-state index is 0.152. The van der Waals surface area contributed by atoms with Crippen molar-refractivity contribution < 1.29 is 22.8 Å². The number of ketones is 1. The van der Waals surface area contributed by atoms with Crippen molar-refractivity contribution in [2.24, 2.45) is 0 Å². The summed E-state index contributed by atoms with van der Waals surface area (Å²) in [6.45, 7) is 0.454. The number of hydrogen-bond acceptors (Lipinski definition) is 2. The highest BCUT2D eigenvalue weighted by molar-refractivity contribution is 6.08. The fourth-order valence-electron chi connectivity index (χ4n) is 3.70. The van der Waals surface area contributed by atoms with Gasteiger partial charge in [-0.15, -0.1) is 0 Å². The van der Waals surface area contributed by atoms with E-state index in [2.05, 4.69) is 5.32 Å². The summed E-state index contributed by atoms with van der Waals surface area (Å²) in [7, 11) is 0. The van der Waals surface area contributed by atoms with Crippen molar-refractivity contribution in [3.8, 4) is 0 Å². The van der Waals surface area contributed by atoms with Crippen LogP contribution in [0.25, 0.3) is 0 Å².